The van der Waals surface area contributed by atoms with E-state index in [1.807, 2.05) is 7.05 Å². The SMILES string of the molecule is CNC1=CCCCC[C@@H]1O. The molecule has 1 rings (SSSR count). The molecule has 10 heavy (non-hydrogen) atoms. The second-order valence-corrected chi connectivity index (χ2v) is 2.71. The Bertz CT molecular complexity index is 131. The van der Waals surface area contributed by atoms with Crippen molar-refractivity contribution in [2.45, 2.75) is 31.8 Å². The van der Waals surface area contributed by atoms with Gasteiger partial charge < -0.3 is 10.4 Å². The quantitative estimate of drug-likeness (QED) is 0.571. The molecule has 0 aliphatic heterocycles. The Hall–Kier alpha value is -0.500. The fourth-order valence-electron chi connectivity index (χ4n) is 1.30. The first kappa shape index (κ1) is 7.61. The van der Waals surface area contributed by atoms with Crippen LogP contribution in [0.5, 0.6) is 0 Å². The molecule has 0 aromatic heterocycles. The van der Waals surface area contributed by atoms with Gasteiger partial charge in [-0.15, -0.1) is 0 Å². The zero-order valence-corrected chi connectivity index (χ0v) is 6.43. The van der Waals surface area contributed by atoms with E-state index in [0.717, 1.165) is 25.0 Å². The molecule has 0 radical (unpaired) electrons. The van der Waals surface area contributed by atoms with E-state index in [4.69, 9.17) is 0 Å². The highest BCUT2D eigenvalue weighted by molar-refractivity contribution is 5.06. The number of aliphatic hydroxyl groups excluding tert-OH is 1. The van der Waals surface area contributed by atoms with Crippen LogP contribution in [0.3, 0.4) is 0 Å². The fraction of sp³-hybridized carbons (Fsp3) is 0.750. The van der Waals surface area contributed by atoms with Crippen LogP contribution in [0.2, 0.25) is 0 Å². The second-order valence-electron chi connectivity index (χ2n) is 2.71. The highest BCUT2D eigenvalue weighted by Crippen LogP contribution is 2.15. The highest BCUT2D eigenvalue weighted by atomic mass is 16.3. The van der Waals surface area contributed by atoms with Gasteiger partial charge >= 0.3 is 0 Å². The molecular formula is C8H15NO. The van der Waals surface area contributed by atoms with Crippen molar-refractivity contribution in [1.82, 2.24) is 5.32 Å². The number of likely N-dealkylation sites (N-methyl/N-ethyl adjacent to an activating group) is 1. The molecule has 0 bridgehead atoms. The van der Waals surface area contributed by atoms with Crippen LogP contribution in [-0.4, -0.2) is 18.3 Å². The molecule has 0 fully saturated rings. The molecule has 1 aliphatic carbocycles. The molecule has 58 valence electrons. The normalized spacial score (nSPS) is 27.0. The third kappa shape index (κ3) is 1.74. The smallest absolute Gasteiger partial charge is 0.0931 e. The van der Waals surface area contributed by atoms with Gasteiger partial charge in [0.15, 0.2) is 0 Å². The molecular weight excluding hydrogens is 126 g/mol. The van der Waals surface area contributed by atoms with Gasteiger partial charge in [0.2, 0.25) is 0 Å². The first-order valence-electron chi connectivity index (χ1n) is 3.90. The Morgan fingerprint density at radius 3 is 3.10 bits per heavy atom. The van der Waals surface area contributed by atoms with E-state index in [2.05, 4.69) is 11.4 Å². The summed E-state index contributed by atoms with van der Waals surface area (Å²) in [6.07, 6.45) is 6.22. The van der Waals surface area contributed by atoms with Crippen LogP contribution in [0.25, 0.3) is 0 Å². The predicted octanol–water partition coefficient (Wildman–Crippen LogP) is 1.02. The monoisotopic (exact) mass is 141 g/mol. The molecule has 1 aliphatic rings. The summed E-state index contributed by atoms with van der Waals surface area (Å²) in [5.41, 5.74) is 0.998. The van der Waals surface area contributed by atoms with E-state index in [9.17, 15) is 5.11 Å². The van der Waals surface area contributed by atoms with Crippen molar-refractivity contribution < 1.29 is 5.11 Å². The largest absolute Gasteiger partial charge is 0.390 e. The van der Waals surface area contributed by atoms with Gasteiger partial charge in [-0.2, -0.15) is 0 Å². The van der Waals surface area contributed by atoms with Crippen LogP contribution >= 0.6 is 0 Å². The maximum Gasteiger partial charge on any atom is 0.0931 e. The maximum absolute atomic E-state index is 9.42. The lowest BCUT2D eigenvalue weighted by Crippen LogP contribution is -2.19. The van der Waals surface area contributed by atoms with Crippen molar-refractivity contribution in [3.05, 3.63) is 11.8 Å². The minimum Gasteiger partial charge on any atom is -0.390 e. The standard InChI is InChI=1S/C8H15NO/c1-9-7-5-3-2-4-6-8(7)10/h5,8-10H,2-4,6H2,1H3/t8-/m0/s1. The molecule has 0 spiro atoms. The van der Waals surface area contributed by atoms with Gasteiger partial charge in [-0.1, -0.05) is 12.5 Å². The van der Waals surface area contributed by atoms with E-state index >= 15 is 0 Å². The van der Waals surface area contributed by atoms with E-state index in [1.165, 1.54) is 6.42 Å². The van der Waals surface area contributed by atoms with Gasteiger partial charge in [-0.3, -0.25) is 0 Å². The Kier molecular flexibility index (Phi) is 2.75. The van der Waals surface area contributed by atoms with Crippen LogP contribution in [0.1, 0.15) is 25.7 Å². The Morgan fingerprint density at radius 2 is 2.40 bits per heavy atom. The molecule has 0 aromatic rings. The Labute approximate surface area is 61.9 Å². The maximum atomic E-state index is 9.42. The molecule has 2 heteroatoms. The average Bonchev–Trinajstić information content (AvgIpc) is 2.13. The van der Waals surface area contributed by atoms with Crippen LogP contribution in [0, 0.1) is 0 Å². The van der Waals surface area contributed by atoms with Gasteiger partial charge in [-0.05, 0) is 19.3 Å². The lowest BCUT2D eigenvalue weighted by molar-refractivity contribution is 0.192. The summed E-state index contributed by atoms with van der Waals surface area (Å²) in [4.78, 5) is 0. The fourth-order valence-corrected chi connectivity index (χ4v) is 1.30. The van der Waals surface area contributed by atoms with E-state index in [0.29, 0.717) is 0 Å². The lowest BCUT2D eigenvalue weighted by atomic mass is 10.1. The molecule has 0 saturated carbocycles. The van der Waals surface area contributed by atoms with Gasteiger partial charge in [-0.25, -0.2) is 0 Å². The van der Waals surface area contributed by atoms with Crippen LogP contribution in [-0.2, 0) is 0 Å². The minimum absolute atomic E-state index is 0.243. The number of hydrogen-bond donors (Lipinski definition) is 2. The minimum atomic E-state index is -0.243. The highest BCUT2D eigenvalue weighted by Gasteiger charge is 2.10. The third-order valence-electron chi connectivity index (χ3n) is 1.94. The van der Waals surface area contributed by atoms with E-state index in [-0.39, 0.29) is 6.10 Å². The van der Waals surface area contributed by atoms with Crippen molar-refractivity contribution in [3.63, 3.8) is 0 Å². The molecule has 0 amide bonds. The summed E-state index contributed by atoms with van der Waals surface area (Å²) >= 11 is 0. The first-order valence-corrected chi connectivity index (χ1v) is 3.90. The van der Waals surface area contributed by atoms with Crippen molar-refractivity contribution in [1.29, 1.82) is 0 Å². The average molecular weight is 141 g/mol. The molecule has 0 aromatic carbocycles. The predicted molar refractivity (Wildman–Crippen MR) is 41.6 cm³/mol. The van der Waals surface area contributed by atoms with Crippen molar-refractivity contribution in [2.75, 3.05) is 7.05 Å². The lowest BCUT2D eigenvalue weighted by Gasteiger charge is -2.11. The van der Waals surface area contributed by atoms with E-state index < -0.39 is 0 Å². The number of allylic oxidation sites excluding steroid dienone is 1. The Balaban J connectivity index is 2.53. The molecule has 0 saturated heterocycles. The molecule has 1 atom stereocenters. The van der Waals surface area contributed by atoms with Gasteiger partial charge in [0, 0.05) is 12.7 Å². The molecule has 0 unspecified atom stereocenters. The van der Waals surface area contributed by atoms with Crippen LogP contribution < -0.4 is 5.32 Å². The number of rotatable bonds is 1. The number of hydrogen-bond acceptors (Lipinski definition) is 2. The van der Waals surface area contributed by atoms with Gasteiger partial charge in [0.05, 0.1) is 6.10 Å². The molecule has 0 heterocycles. The number of nitrogens with one attached hydrogen (secondary N) is 1. The third-order valence-corrected chi connectivity index (χ3v) is 1.94. The molecule has 2 N–H and O–H groups in total. The van der Waals surface area contributed by atoms with Crippen LogP contribution in [0.4, 0.5) is 0 Å². The summed E-state index contributed by atoms with van der Waals surface area (Å²) in [5.74, 6) is 0. The van der Waals surface area contributed by atoms with Crippen LogP contribution in [0.15, 0.2) is 11.8 Å². The second kappa shape index (κ2) is 3.62. The van der Waals surface area contributed by atoms with Gasteiger partial charge in [0.1, 0.15) is 0 Å². The zero-order chi connectivity index (χ0) is 7.40. The zero-order valence-electron chi connectivity index (χ0n) is 6.43. The van der Waals surface area contributed by atoms with Crippen molar-refractivity contribution >= 4 is 0 Å². The number of aliphatic hydroxyl groups is 1. The summed E-state index contributed by atoms with van der Waals surface area (Å²) in [7, 11) is 1.86. The first-order chi connectivity index (χ1) is 4.84. The topological polar surface area (TPSA) is 32.3 Å². The molecule has 2 nitrogen and oxygen atoms in total. The summed E-state index contributed by atoms with van der Waals surface area (Å²) in [6.45, 7) is 0. The summed E-state index contributed by atoms with van der Waals surface area (Å²) in [5, 5.41) is 12.4. The van der Waals surface area contributed by atoms with E-state index in [1.54, 1.807) is 0 Å². The summed E-state index contributed by atoms with van der Waals surface area (Å²) in [6, 6.07) is 0. The van der Waals surface area contributed by atoms with Gasteiger partial charge in [0.25, 0.3) is 0 Å². The summed E-state index contributed by atoms with van der Waals surface area (Å²) < 4.78 is 0. The van der Waals surface area contributed by atoms with Crippen molar-refractivity contribution in [2.24, 2.45) is 0 Å². The Morgan fingerprint density at radius 1 is 1.60 bits per heavy atom. The van der Waals surface area contributed by atoms with Crippen molar-refractivity contribution in [3.8, 4) is 0 Å².